The molecular weight excluding hydrogens is 234 g/mol. The molecule has 1 unspecified atom stereocenters. The molecule has 0 amide bonds. The Morgan fingerprint density at radius 2 is 1.71 bits per heavy atom. The van der Waals surface area contributed by atoms with Crippen molar-refractivity contribution in [3.63, 3.8) is 0 Å². The lowest BCUT2D eigenvalue weighted by atomic mass is 10.0. The summed E-state index contributed by atoms with van der Waals surface area (Å²) >= 11 is 0. The molecule has 4 heteroatoms. The molecule has 0 radical (unpaired) electrons. The van der Waals surface area contributed by atoms with Crippen LogP contribution in [0.25, 0.3) is 0 Å². The molecule has 0 aromatic carbocycles. The van der Waals surface area contributed by atoms with Crippen LogP contribution in [0.1, 0.15) is 53.4 Å². The number of hydrogen-bond donors (Lipinski definition) is 1. The van der Waals surface area contributed by atoms with Crippen molar-refractivity contribution in [3.05, 3.63) is 0 Å². The van der Waals surface area contributed by atoms with Gasteiger partial charge in [0.15, 0.2) is 9.84 Å². The van der Waals surface area contributed by atoms with Gasteiger partial charge in [0.05, 0.1) is 11.0 Å². The van der Waals surface area contributed by atoms with Crippen molar-refractivity contribution in [2.45, 2.75) is 58.6 Å². The van der Waals surface area contributed by atoms with E-state index in [2.05, 4.69) is 19.2 Å². The van der Waals surface area contributed by atoms with E-state index in [1.165, 1.54) is 0 Å². The van der Waals surface area contributed by atoms with Crippen LogP contribution in [0.3, 0.4) is 0 Å². The van der Waals surface area contributed by atoms with Crippen LogP contribution < -0.4 is 5.32 Å². The molecule has 0 aliphatic carbocycles. The highest BCUT2D eigenvalue weighted by Gasteiger charge is 2.18. The summed E-state index contributed by atoms with van der Waals surface area (Å²) in [5.41, 5.74) is 0. The van der Waals surface area contributed by atoms with Crippen LogP contribution in [0.4, 0.5) is 0 Å². The fourth-order valence-electron chi connectivity index (χ4n) is 1.81. The molecule has 1 N–H and O–H groups in total. The van der Waals surface area contributed by atoms with Crippen LogP contribution in [-0.2, 0) is 9.84 Å². The molecule has 104 valence electrons. The molecule has 0 aliphatic heterocycles. The lowest BCUT2D eigenvalue weighted by Crippen LogP contribution is -2.27. The molecule has 0 bridgehead atoms. The summed E-state index contributed by atoms with van der Waals surface area (Å²) in [5.74, 6) is 0.837. The van der Waals surface area contributed by atoms with Crippen molar-refractivity contribution in [2.75, 3.05) is 18.8 Å². The van der Waals surface area contributed by atoms with Gasteiger partial charge in [-0.15, -0.1) is 0 Å². The molecule has 0 fully saturated rings. The van der Waals surface area contributed by atoms with E-state index in [-0.39, 0.29) is 5.25 Å². The predicted octanol–water partition coefficient (Wildman–Crippen LogP) is 2.62. The summed E-state index contributed by atoms with van der Waals surface area (Å²) in [5, 5.41) is 3.15. The van der Waals surface area contributed by atoms with Crippen LogP contribution >= 0.6 is 0 Å². The Balaban J connectivity index is 4.08. The van der Waals surface area contributed by atoms with E-state index >= 15 is 0 Å². The van der Waals surface area contributed by atoms with E-state index in [0.29, 0.717) is 11.7 Å². The van der Waals surface area contributed by atoms with Gasteiger partial charge in [0.1, 0.15) is 0 Å². The van der Waals surface area contributed by atoms with Crippen molar-refractivity contribution in [2.24, 2.45) is 5.92 Å². The van der Waals surface area contributed by atoms with E-state index in [0.717, 1.165) is 38.8 Å². The monoisotopic (exact) mass is 263 g/mol. The molecule has 0 aromatic heterocycles. The van der Waals surface area contributed by atoms with Gasteiger partial charge in [-0.3, -0.25) is 0 Å². The summed E-state index contributed by atoms with van der Waals surface area (Å²) < 4.78 is 23.5. The fourth-order valence-corrected chi connectivity index (χ4v) is 2.94. The topological polar surface area (TPSA) is 46.2 Å². The number of nitrogens with one attached hydrogen (secondary N) is 1. The van der Waals surface area contributed by atoms with Gasteiger partial charge in [-0.1, -0.05) is 20.3 Å². The quantitative estimate of drug-likeness (QED) is 0.616. The maximum Gasteiger partial charge on any atom is 0.152 e. The fraction of sp³-hybridized carbons (Fsp3) is 1.00. The van der Waals surface area contributed by atoms with Crippen LogP contribution in [-0.4, -0.2) is 32.5 Å². The highest BCUT2D eigenvalue weighted by atomic mass is 32.2. The minimum atomic E-state index is -2.87. The first-order valence-electron chi connectivity index (χ1n) is 6.86. The van der Waals surface area contributed by atoms with Crippen LogP contribution in [0.2, 0.25) is 0 Å². The molecule has 0 saturated heterocycles. The zero-order chi connectivity index (χ0) is 13.3. The van der Waals surface area contributed by atoms with Gasteiger partial charge in [-0.2, -0.15) is 0 Å². The Hall–Kier alpha value is -0.0900. The Bertz CT molecular complexity index is 273. The normalized spacial score (nSPS) is 14.2. The Morgan fingerprint density at radius 3 is 2.18 bits per heavy atom. The summed E-state index contributed by atoms with van der Waals surface area (Å²) in [6, 6.07) is 0. The predicted molar refractivity (Wildman–Crippen MR) is 75.1 cm³/mol. The van der Waals surface area contributed by atoms with Gasteiger partial charge in [-0.25, -0.2) is 8.42 Å². The van der Waals surface area contributed by atoms with E-state index in [1.807, 2.05) is 0 Å². The summed E-state index contributed by atoms with van der Waals surface area (Å²) in [6.45, 7) is 9.81. The first kappa shape index (κ1) is 16.9. The molecule has 0 heterocycles. The molecule has 1 atom stereocenters. The molecule has 0 saturated carbocycles. The van der Waals surface area contributed by atoms with Crippen LogP contribution in [0, 0.1) is 5.92 Å². The highest BCUT2D eigenvalue weighted by molar-refractivity contribution is 7.91. The molecule has 0 spiro atoms. The molecule has 0 aromatic rings. The summed E-state index contributed by atoms with van der Waals surface area (Å²) in [6.07, 6.45) is 4.17. The van der Waals surface area contributed by atoms with Gasteiger partial charge in [-0.05, 0) is 52.1 Å². The highest BCUT2D eigenvalue weighted by Crippen LogP contribution is 2.13. The van der Waals surface area contributed by atoms with E-state index < -0.39 is 9.84 Å². The Kier molecular flexibility index (Phi) is 8.88. The van der Waals surface area contributed by atoms with Crippen LogP contribution in [0.15, 0.2) is 0 Å². The first-order chi connectivity index (χ1) is 7.94. The van der Waals surface area contributed by atoms with Crippen molar-refractivity contribution in [1.82, 2.24) is 5.32 Å². The van der Waals surface area contributed by atoms with Gasteiger partial charge in [0.25, 0.3) is 0 Å². The van der Waals surface area contributed by atoms with E-state index in [9.17, 15) is 8.42 Å². The van der Waals surface area contributed by atoms with Crippen molar-refractivity contribution in [1.29, 1.82) is 0 Å². The van der Waals surface area contributed by atoms with Gasteiger partial charge >= 0.3 is 0 Å². The first-order valence-corrected chi connectivity index (χ1v) is 8.57. The molecule has 17 heavy (non-hydrogen) atoms. The minimum absolute atomic E-state index is 0.242. The summed E-state index contributed by atoms with van der Waals surface area (Å²) in [7, 11) is -2.87. The maximum atomic E-state index is 11.7. The summed E-state index contributed by atoms with van der Waals surface area (Å²) in [4.78, 5) is 0. The zero-order valence-electron chi connectivity index (χ0n) is 11.8. The SMILES string of the molecule is CCCNCC(CCC)CCS(=O)(=O)C(C)C. The maximum absolute atomic E-state index is 11.7. The average Bonchev–Trinajstić information content (AvgIpc) is 2.26. The third-order valence-corrected chi connectivity index (χ3v) is 5.33. The Morgan fingerprint density at radius 1 is 1.06 bits per heavy atom. The zero-order valence-corrected chi connectivity index (χ0v) is 12.6. The molecular formula is C13H29NO2S. The lowest BCUT2D eigenvalue weighted by Gasteiger charge is -2.17. The number of sulfone groups is 1. The molecule has 0 rings (SSSR count). The number of hydrogen-bond acceptors (Lipinski definition) is 3. The minimum Gasteiger partial charge on any atom is -0.316 e. The molecule has 0 aliphatic rings. The van der Waals surface area contributed by atoms with Gasteiger partial charge in [0, 0.05) is 0 Å². The average molecular weight is 263 g/mol. The van der Waals surface area contributed by atoms with Crippen molar-refractivity contribution in [3.8, 4) is 0 Å². The Labute approximate surface area is 107 Å². The van der Waals surface area contributed by atoms with Gasteiger partial charge < -0.3 is 5.32 Å². The molecule has 3 nitrogen and oxygen atoms in total. The third-order valence-electron chi connectivity index (χ3n) is 3.09. The second-order valence-electron chi connectivity index (χ2n) is 5.06. The van der Waals surface area contributed by atoms with Gasteiger partial charge in [0.2, 0.25) is 0 Å². The van der Waals surface area contributed by atoms with Crippen molar-refractivity contribution >= 4 is 9.84 Å². The second kappa shape index (κ2) is 8.92. The van der Waals surface area contributed by atoms with Crippen LogP contribution in [0.5, 0.6) is 0 Å². The number of rotatable bonds is 10. The largest absolute Gasteiger partial charge is 0.316 e. The third kappa shape index (κ3) is 7.77. The smallest absolute Gasteiger partial charge is 0.152 e. The van der Waals surface area contributed by atoms with E-state index in [4.69, 9.17) is 0 Å². The van der Waals surface area contributed by atoms with Crippen molar-refractivity contribution < 1.29 is 8.42 Å². The second-order valence-corrected chi connectivity index (χ2v) is 7.74. The lowest BCUT2D eigenvalue weighted by molar-refractivity contribution is 0.428. The standard InChI is InChI=1S/C13H29NO2S/c1-5-7-13(11-14-9-6-2)8-10-17(15,16)12(3)4/h12-14H,5-11H2,1-4H3. The van der Waals surface area contributed by atoms with E-state index in [1.54, 1.807) is 13.8 Å².